The second-order valence-corrected chi connectivity index (χ2v) is 4.77. The Morgan fingerprint density at radius 3 is 2.12 bits per heavy atom. The zero-order valence-electron chi connectivity index (χ0n) is 11.1. The fourth-order valence-electron chi connectivity index (χ4n) is 1.51. The summed E-state index contributed by atoms with van der Waals surface area (Å²) in [5.41, 5.74) is 5.71. The minimum absolute atomic E-state index is 0.000360. The van der Waals surface area contributed by atoms with Gasteiger partial charge in [-0.3, -0.25) is 9.59 Å². The van der Waals surface area contributed by atoms with Crippen molar-refractivity contribution in [2.45, 2.75) is 52.6 Å². The molecule has 0 spiro atoms. The molecular weight excluding hydrogens is 220 g/mol. The van der Waals surface area contributed by atoms with Crippen LogP contribution in [0.3, 0.4) is 0 Å². The third-order valence-electron chi connectivity index (χ3n) is 2.87. The van der Waals surface area contributed by atoms with Gasteiger partial charge in [0.1, 0.15) is 0 Å². The zero-order chi connectivity index (χ0) is 13.6. The monoisotopic (exact) mass is 244 g/mol. The van der Waals surface area contributed by atoms with Crippen molar-refractivity contribution in [3.63, 3.8) is 0 Å². The summed E-state index contributed by atoms with van der Waals surface area (Å²) in [7, 11) is 0. The topological polar surface area (TPSA) is 83.6 Å². The van der Waals surface area contributed by atoms with Gasteiger partial charge >= 0.3 is 5.97 Å². The van der Waals surface area contributed by atoms with Crippen LogP contribution < -0.4 is 5.73 Å². The Kier molecular flexibility index (Phi) is 6.80. The van der Waals surface area contributed by atoms with Gasteiger partial charge in [0.05, 0.1) is 5.92 Å². The van der Waals surface area contributed by atoms with E-state index in [0.29, 0.717) is 13.0 Å². The van der Waals surface area contributed by atoms with E-state index in [1.54, 1.807) is 18.7 Å². The standard InChI is InChI=1S/C12H24N2O3/c1-8(2)14(7-5-6-11(15)16)12(17)9(3)10(4)13/h8-10H,5-7,13H2,1-4H3,(H,15,16). The molecule has 0 saturated heterocycles. The van der Waals surface area contributed by atoms with Crippen LogP contribution in [0.25, 0.3) is 0 Å². The molecule has 3 N–H and O–H groups in total. The van der Waals surface area contributed by atoms with E-state index >= 15 is 0 Å². The van der Waals surface area contributed by atoms with E-state index in [1.165, 1.54) is 0 Å². The van der Waals surface area contributed by atoms with Gasteiger partial charge in [-0.25, -0.2) is 0 Å². The summed E-state index contributed by atoms with van der Waals surface area (Å²) >= 11 is 0. The third kappa shape index (κ3) is 5.68. The van der Waals surface area contributed by atoms with Gasteiger partial charge in [0, 0.05) is 25.0 Å². The number of rotatable bonds is 7. The van der Waals surface area contributed by atoms with E-state index in [1.807, 2.05) is 13.8 Å². The quantitative estimate of drug-likeness (QED) is 0.701. The first-order chi connectivity index (χ1) is 7.77. The van der Waals surface area contributed by atoms with Gasteiger partial charge in [0.25, 0.3) is 0 Å². The highest BCUT2D eigenvalue weighted by molar-refractivity contribution is 5.79. The molecule has 100 valence electrons. The number of aliphatic carboxylic acids is 1. The van der Waals surface area contributed by atoms with E-state index in [4.69, 9.17) is 10.8 Å². The average Bonchev–Trinajstić information content (AvgIpc) is 2.21. The second-order valence-electron chi connectivity index (χ2n) is 4.77. The number of nitrogens with zero attached hydrogens (tertiary/aromatic N) is 1. The Hall–Kier alpha value is -1.10. The summed E-state index contributed by atoms with van der Waals surface area (Å²) in [5, 5.41) is 8.58. The fraction of sp³-hybridized carbons (Fsp3) is 0.833. The first-order valence-electron chi connectivity index (χ1n) is 6.05. The maximum Gasteiger partial charge on any atom is 0.303 e. The first-order valence-corrected chi connectivity index (χ1v) is 6.05. The van der Waals surface area contributed by atoms with Crippen molar-refractivity contribution in [2.75, 3.05) is 6.54 Å². The van der Waals surface area contributed by atoms with Crippen molar-refractivity contribution >= 4 is 11.9 Å². The molecule has 0 radical (unpaired) electrons. The number of hydrogen-bond acceptors (Lipinski definition) is 3. The van der Waals surface area contributed by atoms with Gasteiger partial charge in [-0.05, 0) is 27.2 Å². The lowest BCUT2D eigenvalue weighted by Gasteiger charge is -2.30. The predicted octanol–water partition coefficient (Wildman–Crippen LogP) is 1.07. The van der Waals surface area contributed by atoms with E-state index < -0.39 is 5.97 Å². The molecule has 0 aromatic heterocycles. The molecule has 5 heteroatoms. The Balaban J connectivity index is 4.42. The van der Waals surface area contributed by atoms with Gasteiger partial charge < -0.3 is 15.7 Å². The first kappa shape index (κ1) is 15.9. The molecule has 0 fully saturated rings. The number of amides is 1. The highest BCUT2D eigenvalue weighted by atomic mass is 16.4. The van der Waals surface area contributed by atoms with Gasteiger partial charge in [-0.2, -0.15) is 0 Å². The van der Waals surface area contributed by atoms with Crippen LogP contribution in [0, 0.1) is 5.92 Å². The summed E-state index contributed by atoms with van der Waals surface area (Å²) in [6.45, 7) is 7.93. The Morgan fingerprint density at radius 1 is 1.24 bits per heavy atom. The van der Waals surface area contributed by atoms with Crippen molar-refractivity contribution in [1.29, 1.82) is 0 Å². The minimum Gasteiger partial charge on any atom is -0.481 e. The minimum atomic E-state index is -0.832. The summed E-state index contributed by atoms with van der Waals surface area (Å²) in [6.07, 6.45) is 0.563. The van der Waals surface area contributed by atoms with E-state index in [0.717, 1.165) is 0 Å². The summed E-state index contributed by atoms with van der Waals surface area (Å²) in [4.78, 5) is 24.2. The maximum absolute atomic E-state index is 12.1. The van der Waals surface area contributed by atoms with Crippen LogP contribution in [-0.2, 0) is 9.59 Å². The van der Waals surface area contributed by atoms with Crippen molar-refractivity contribution in [3.8, 4) is 0 Å². The number of hydrogen-bond donors (Lipinski definition) is 2. The van der Waals surface area contributed by atoms with Gasteiger partial charge in [-0.1, -0.05) is 6.92 Å². The molecule has 0 aromatic rings. The van der Waals surface area contributed by atoms with Crippen LogP contribution in [0.15, 0.2) is 0 Å². The smallest absolute Gasteiger partial charge is 0.303 e. The van der Waals surface area contributed by atoms with Crippen LogP contribution in [0.1, 0.15) is 40.5 Å². The normalized spacial score (nSPS) is 14.5. The predicted molar refractivity (Wildman–Crippen MR) is 66.5 cm³/mol. The van der Waals surface area contributed by atoms with Gasteiger partial charge in [0.2, 0.25) is 5.91 Å². The Bertz CT molecular complexity index is 264. The second kappa shape index (κ2) is 7.27. The SMILES string of the molecule is CC(N)C(C)C(=O)N(CCCC(=O)O)C(C)C. The van der Waals surface area contributed by atoms with Crippen LogP contribution in [-0.4, -0.2) is 40.5 Å². The number of carbonyl (C=O) groups excluding carboxylic acids is 1. The highest BCUT2D eigenvalue weighted by Gasteiger charge is 2.24. The molecule has 0 bridgehead atoms. The molecule has 0 heterocycles. The van der Waals surface area contributed by atoms with Crippen LogP contribution >= 0.6 is 0 Å². The molecule has 17 heavy (non-hydrogen) atoms. The Morgan fingerprint density at radius 2 is 1.76 bits per heavy atom. The van der Waals surface area contributed by atoms with E-state index in [2.05, 4.69) is 0 Å². The molecule has 0 saturated carbocycles. The molecule has 2 unspecified atom stereocenters. The van der Waals surface area contributed by atoms with E-state index in [9.17, 15) is 9.59 Å². The zero-order valence-corrected chi connectivity index (χ0v) is 11.1. The summed E-state index contributed by atoms with van der Waals surface area (Å²) in [5.74, 6) is -1.07. The molecule has 0 rings (SSSR count). The lowest BCUT2D eigenvalue weighted by Crippen LogP contribution is -2.45. The maximum atomic E-state index is 12.1. The number of nitrogens with two attached hydrogens (primary N) is 1. The third-order valence-corrected chi connectivity index (χ3v) is 2.87. The summed E-state index contributed by atoms with van der Waals surface area (Å²) in [6, 6.07) is -0.124. The largest absolute Gasteiger partial charge is 0.481 e. The lowest BCUT2D eigenvalue weighted by atomic mass is 10.0. The fourth-order valence-corrected chi connectivity index (χ4v) is 1.51. The lowest BCUT2D eigenvalue weighted by molar-refractivity contribution is -0.140. The van der Waals surface area contributed by atoms with Crippen molar-refractivity contribution < 1.29 is 14.7 Å². The van der Waals surface area contributed by atoms with Crippen molar-refractivity contribution in [1.82, 2.24) is 4.90 Å². The van der Waals surface area contributed by atoms with Crippen molar-refractivity contribution in [2.24, 2.45) is 11.7 Å². The molecule has 2 atom stereocenters. The molecule has 0 aromatic carbocycles. The average molecular weight is 244 g/mol. The highest BCUT2D eigenvalue weighted by Crippen LogP contribution is 2.11. The van der Waals surface area contributed by atoms with Gasteiger partial charge in [-0.15, -0.1) is 0 Å². The van der Waals surface area contributed by atoms with Crippen LogP contribution in [0.4, 0.5) is 0 Å². The van der Waals surface area contributed by atoms with Crippen LogP contribution in [0.5, 0.6) is 0 Å². The number of carboxylic acid groups (broad SMARTS) is 1. The number of carbonyl (C=O) groups is 2. The molecule has 1 amide bonds. The summed E-state index contributed by atoms with van der Waals surface area (Å²) < 4.78 is 0. The molecule has 0 aliphatic carbocycles. The van der Waals surface area contributed by atoms with Crippen LogP contribution in [0.2, 0.25) is 0 Å². The van der Waals surface area contributed by atoms with E-state index in [-0.39, 0.29) is 30.3 Å². The Labute approximate surface area is 103 Å². The van der Waals surface area contributed by atoms with Crippen molar-refractivity contribution in [3.05, 3.63) is 0 Å². The number of carboxylic acids is 1. The molecule has 5 nitrogen and oxygen atoms in total. The molecule has 0 aliphatic rings. The molecular formula is C12H24N2O3. The van der Waals surface area contributed by atoms with Gasteiger partial charge in [0.15, 0.2) is 0 Å². The molecule has 0 aliphatic heterocycles.